The lowest BCUT2D eigenvalue weighted by Gasteiger charge is -2.31. The lowest BCUT2D eigenvalue weighted by molar-refractivity contribution is -0.0654. The lowest BCUT2D eigenvalue weighted by Crippen LogP contribution is -2.55. The van der Waals surface area contributed by atoms with Crippen molar-refractivity contribution < 1.29 is 66.2 Å². The highest BCUT2D eigenvalue weighted by molar-refractivity contribution is 7.66. The third-order valence-electron chi connectivity index (χ3n) is 3.41. The molecule has 29 heavy (non-hydrogen) atoms. The van der Waals surface area contributed by atoms with Gasteiger partial charge in [-0.1, -0.05) is 0 Å². The summed E-state index contributed by atoms with van der Waals surface area (Å²) in [4.78, 5) is 48.1. The molecule has 168 valence electrons. The van der Waals surface area contributed by atoms with E-state index in [0.717, 1.165) is 4.90 Å². The van der Waals surface area contributed by atoms with Crippen LogP contribution in [0.1, 0.15) is 0 Å². The van der Waals surface area contributed by atoms with Crippen molar-refractivity contribution >= 4 is 29.5 Å². The van der Waals surface area contributed by atoms with E-state index >= 15 is 0 Å². The molecule has 3 unspecified atom stereocenters. The molecule has 0 bridgehead atoms. The number of nitrogens with two attached hydrogens (primary N) is 1. The summed E-state index contributed by atoms with van der Waals surface area (Å²) in [6.07, 6.45) is -4.65. The Morgan fingerprint density at radius 1 is 1.10 bits per heavy atom. The molecule has 0 saturated carbocycles. The monoisotopic (exact) mass is 485 g/mol. The van der Waals surface area contributed by atoms with Gasteiger partial charge in [0.15, 0.2) is 6.23 Å². The van der Waals surface area contributed by atoms with Gasteiger partial charge >= 0.3 is 29.5 Å². The van der Waals surface area contributed by atoms with Gasteiger partial charge in [-0.05, 0) is 6.08 Å². The van der Waals surface area contributed by atoms with Crippen LogP contribution in [-0.2, 0) is 31.6 Å². The number of hydrogen-bond donors (Lipinski definition) is 8. The number of rotatable bonds is 8. The number of nitrogens with one attached hydrogen (secondary N) is 1. The Hall–Kier alpha value is -0.740. The first-order valence-electron chi connectivity index (χ1n) is 7.43. The number of aliphatic hydroxyl groups excluding tert-OH is 2. The number of urea groups is 1. The van der Waals surface area contributed by atoms with Crippen LogP contribution in [0, 0.1) is 0 Å². The molecule has 9 N–H and O–H groups in total. The molecule has 20 heteroatoms. The Bertz CT molecular complexity index is 800. The Morgan fingerprint density at radius 2 is 1.72 bits per heavy atom. The molecule has 2 heterocycles. The van der Waals surface area contributed by atoms with E-state index < -0.39 is 66.8 Å². The third kappa shape index (κ3) is 6.89. The van der Waals surface area contributed by atoms with Crippen LogP contribution in [0.4, 0.5) is 4.79 Å². The molecule has 1 fully saturated rings. The fourth-order valence-corrected chi connectivity index (χ4v) is 5.32. The van der Waals surface area contributed by atoms with Crippen molar-refractivity contribution in [3.8, 4) is 0 Å². The summed E-state index contributed by atoms with van der Waals surface area (Å²) in [6, 6.07) is -0.773. The maximum absolute atomic E-state index is 11.9. The van der Waals surface area contributed by atoms with Crippen molar-refractivity contribution in [3.05, 3.63) is 12.3 Å². The van der Waals surface area contributed by atoms with Crippen molar-refractivity contribution in [2.75, 3.05) is 6.61 Å². The normalized spacial score (nSPS) is 34.5. The molecule has 0 aliphatic carbocycles. The second-order valence-electron chi connectivity index (χ2n) is 5.66. The molecule has 7 atom stereocenters. The number of carbonyl (C=O) groups is 1. The van der Waals surface area contributed by atoms with Crippen molar-refractivity contribution in [1.82, 2.24) is 10.2 Å². The summed E-state index contributed by atoms with van der Waals surface area (Å²) < 4.78 is 50.1. The highest BCUT2D eigenvalue weighted by Gasteiger charge is 2.48. The van der Waals surface area contributed by atoms with Crippen LogP contribution in [0.3, 0.4) is 0 Å². The first-order valence-corrected chi connectivity index (χ1v) is 11.9. The van der Waals surface area contributed by atoms with E-state index in [1.807, 2.05) is 0 Å². The van der Waals surface area contributed by atoms with Gasteiger partial charge in [0.2, 0.25) is 0 Å². The van der Waals surface area contributed by atoms with Gasteiger partial charge in [-0.15, -0.1) is 0 Å². The van der Waals surface area contributed by atoms with Crippen LogP contribution in [0.15, 0.2) is 12.3 Å². The zero-order valence-corrected chi connectivity index (χ0v) is 16.7. The molecule has 17 nitrogen and oxygen atoms in total. The molecule has 2 amide bonds. The Morgan fingerprint density at radius 3 is 2.28 bits per heavy atom. The number of aliphatic hydroxyl groups is 2. The molecular weight excluding hydrogens is 467 g/mol. The van der Waals surface area contributed by atoms with E-state index in [1.54, 1.807) is 0 Å². The summed E-state index contributed by atoms with van der Waals surface area (Å²) in [6.45, 7) is -1.00. The van der Waals surface area contributed by atoms with E-state index in [1.165, 1.54) is 12.3 Å². The molecular formula is C9H18N3O14P3. The summed E-state index contributed by atoms with van der Waals surface area (Å²) in [5, 5.41) is 22.3. The van der Waals surface area contributed by atoms with Crippen molar-refractivity contribution in [3.63, 3.8) is 0 Å². The van der Waals surface area contributed by atoms with Gasteiger partial charge in [-0.25, -0.2) is 18.5 Å². The highest BCUT2D eigenvalue weighted by Crippen LogP contribution is 2.66. The molecule has 0 aromatic rings. The number of amides is 2. The van der Waals surface area contributed by atoms with Crippen LogP contribution in [-0.4, -0.2) is 78.0 Å². The minimum absolute atomic E-state index is 0.773. The first-order chi connectivity index (χ1) is 13.1. The fourth-order valence-electron chi connectivity index (χ4n) is 2.29. The second-order valence-corrected chi connectivity index (χ2v) is 10.1. The topological polar surface area (TPSA) is 268 Å². The Balaban J connectivity index is 1.99. The van der Waals surface area contributed by atoms with Crippen LogP contribution in [0.25, 0.3) is 0 Å². The van der Waals surface area contributed by atoms with Gasteiger partial charge in [-0.3, -0.25) is 9.42 Å². The van der Waals surface area contributed by atoms with Crippen LogP contribution >= 0.6 is 23.5 Å². The molecule has 0 radical (unpaired) electrons. The van der Waals surface area contributed by atoms with E-state index in [9.17, 15) is 33.6 Å². The Labute approximate surface area is 162 Å². The van der Waals surface area contributed by atoms with Crippen LogP contribution < -0.4 is 11.1 Å². The average Bonchev–Trinajstić information content (AvgIpc) is 2.78. The zero-order chi connectivity index (χ0) is 22.2. The van der Waals surface area contributed by atoms with Gasteiger partial charge in [0.1, 0.15) is 18.3 Å². The minimum atomic E-state index is -5.71. The van der Waals surface area contributed by atoms with Gasteiger partial charge in [0.25, 0.3) is 0 Å². The molecule has 1 saturated heterocycles. The third-order valence-corrected chi connectivity index (χ3v) is 7.21. The summed E-state index contributed by atoms with van der Waals surface area (Å²) in [5.41, 5.74) is 5.47. The second kappa shape index (κ2) is 8.78. The van der Waals surface area contributed by atoms with Crippen molar-refractivity contribution in [2.45, 2.75) is 30.7 Å². The first kappa shape index (κ1) is 24.5. The number of hydrogen-bond acceptors (Lipinski definition) is 11. The van der Waals surface area contributed by atoms with Crippen LogP contribution in [0.2, 0.25) is 0 Å². The number of phosphoric ester groups is 1. The highest BCUT2D eigenvalue weighted by atomic mass is 31.3. The van der Waals surface area contributed by atoms with Crippen LogP contribution in [0.5, 0.6) is 0 Å². The molecule has 0 aromatic heterocycles. The maximum Gasteiger partial charge on any atom is 0.490 e. The van der Waals surface area contributed by atoms with Gasteiger partial charge < -0.3 is 45.6 Å². The predicted molar refractivity (Wildman–Crippen MR) is 88.0 cm³/mol. The summed E-state index contributed by atoms with van der Waals surface area (Å²) in [7, 11) is -16.7. The van der Waals surface area contributed by atoms with Crippen molar-refractivity contribution in [1.29, 1.82) is 0 Å². The number of ether oxygens (including phenoxy) is 1. The van der Waals surface area contributed by atoms with Crippen molar-refractivity contribution in [2.24, 2.45) is 5.73 Å². The fraction of sp³-hybridized carbons (Fsp3) is 0.667. The smallest absolute Gasteiger partial charge is 0.387 e. The molecule has 2 aliphatic rings. The summed E-state index contributed by atoms with van der Waals surface area (Å²) in [5.74, 6) is 0. The van der Waals surface area contributed by atoms with E-state index in [-0.39, 0.29) is 0 Å². The quantitative estimate of drug-likeness (QED) is 0.167. The molecule has 2 rings (SSSR count). The standard InChI is InChI=1S/C9H18N3O14P3/c10-5-1-2-12(9(15)11-5)8-7(14)6(13)4(24-8)3-23-28(19,20)26-29(21,22)25-27(16,17)18/h1-2,4-8,13-14H,3,10H2,(H,11,15)(H,19,20)(H,21,22)(H2,16,17,18)/t4-,5?,6-,7-,8-/m1/s1. The largest absolute Gasteiger partial charge is 0.490 e. The molecule has 0 aromatic carbocycles. The van der Waals surface area contributed by atoms with Gasteiger partial charge in [-0.2, -0.15) is 8.62 Å². The lowest BCUT2D eigenvalue weighted by atomic mass is 10.1. The zero-order valence-electron chi connectivity index (χ0n) is 14.1. The number of nitrogens with zero attached hydrogens (tertiary/aromatic N) is 1. The minimum Gasteiger partial charge on any atom is -0.387 e. The van der Waals surface area contributed by atoms with E-state index in [2.05, 4.69) is 18.5 Å². The predicted octanol–water partition coefficient (Wildman–Crippen LogP) is -2.40. The van der Waals surface area contributed by atoms with Gasteiger partial charge in [0, 0.05) is 6.20 Å². The maximum atomic E-state index is 11.9. The summed E-state index contributed by atoms with van der Waals surface area (Å²) >= 11 is 0. The molecule has 0 spiro atoms. The SMILES string of the molecule is NC1C=CN([C@@H]2O[C@H](COP(=O)(O)OP(=O)(O)OP(=O)(O)O)[C@@H](O)[C@H]2O)C(=O)N1. The van der Waals surface area contributed by atoms with Gasteiger partial charge in [0.05, 0.1) is 12.8 Å². The molecule has 2 aliphatic heterocycles. The average molecular weight is 485 g/mol. The van der Waals surface area contributed by atoms with E-state index in [0.29, 0.717) is 0 Å². The van der Waals surface area contributed by atoms with E-state index in [4.69, 9.17) is 25.2 Å². The Kier molecular flexibility index (Phi) is 7.43. The number of carbonyl (C=O) groups excluding carboxylic acids is 1. The number of phosphoric acid groups is 3.